The third kappa shape index (κ3) is 1.93. The minimum atomic E-state index is 0.764. The molecule has 90 valence electrons. The second-order valence-electron chi connectivity index (χ2n) is 4.38. The van der Waals surface area contributed by atoms with Gasteiger partial charge in [-0.3, -0.25) is 0 Å². The second kappa shape index (κ2) is 4.24. The number of methoxy groups -OCH3 is 1. The minimum Gasteiger partial charge on any atom is -0.496 e. The van der Waals surface area contributed by atoms with Gasteiger partial charge in [-0.1, -0.05) is 11.2 Å². The molecule has 17 heavy (non-hydrogen) atoms. The van der Waals surface area contributed by atoms with Crippen molar-refractivity contribution in [3.8, 4) is 17.1 Å². The molecule has 2 aromatic rings. The summed E-state index contributed by atoms with van der Waals surface area (Å²) < 4.78 is 10.9. The zero-order chi connectivity index (χ0) is 12.6. The summed E-state index contributed by atoms with van der Waals surface area (Å²) in [5.41, 5.74) is 5.37. The Bertz CT molecular complexity index is 556. The van der Waals surface area contributed by atoms with Crippen LogP contribution in [-0.4, -0.2) is 12.3 Å². The Morgan fingerprint density at radius 1 is 1.06 bits per heavy atom. The standard InChI is InChI=1S/C14H17NO2/c1-8-6-9(2)13(14(16-5)11(8)4)12-7-10(3)15-17-12/h6-7H,1-5H3. The molecule has 1 aromatic heterocycles. The number of aromatic nitrogens is 1. The molecule has 3 heteroatoms. The molecule has 1 aromatic carbocycles. The van der Waals surface area contributed by atoms with E-state index in [-0.39, 0.29) is 0 Å². The van der Waals surface area contributed by atoms with E-state index in [1.807, 2.05) is 13.0 Å². The Labute approximate surface area is 101 Å². The summed E-state index contributed by atoms with van der Waals surface area (Å²) in [6.07, 6.45) is 0. The van der Waals surface area contributed by atoms with E-state index >= 15 is 0 Å². The summed E-state index contributed by atoms with van der Waals surface area (Å²) in [5.74, 6) is 1.64. The van der Waals surface area contributed by atoms with Crippen LogP contribution in [0.1, 0.15) is 22.4 Å². The van der Waals surface area contributed by atoms with Gasteiger partial charge in [0.25, 0.3) is 0 Å². The van der Waals surface area contributed by atoms with Crippen molar-refractivity contribution in [1.29, 1.82) is 0 Å². The zero-order valence-electron chi connectivity index (χ0n) is 10.9. The number of hydrogen-bond donors (Lipinski definition) is 0. The summed E-state index contributed by atoms with van der Waals surface area (Å²) in [7, 11) is 1.69. The van der Waals surface area contributed by atoms with Gasteiger partial charge < -0.3 is 9.26 Å². The predicted molar refractivity (Wildman–Crippen MR) is 67.4 cm³/mol. The van der Waals surface area contributed by atoms with Crippen LogP contribution in [0, 0.1) is 27.7 Å². The Morgan fingerprint density at radius 3 is 2.29 bits per heavy atom. The van der Waals surface area contributed by atoms with Crippen LogP contribution >= 0.6 is 0 Å². The van der Waals surface area contributed by atoms with Crippen molar-refractivity contribution in [2.45, 2.75) is 27.7 Å². The molecule has 2 rings (SSSR count). The van der Waals surface area contributed by atoms with Gasteiger partial charge in [0.2, 0.25) is 0 Å². The van der Waals surface area contributed by atoms with Crippen molar-refractivity contribution < 1.29 is 9.26 Å². The summed E-state index contributed by atoms with van der Waals surface area (Å²) in [4.78, 5) is 0. The molecule has 0 aliphatic carbocycles. The van der Waals surface area contributed by atoms with Gasteiger partial charge in [-0.15, -0.1) is 0 Å². The summed E-state index contributed by atoms with van der Waals surface area (Å²) >= 11 is 0. The minimum absolute atomic E-state index is 0.764. The summed E-state index contributed by atoms with van der Waals surface area (Å²) in [5, 5.41) is 3.93. The molecule has 0 saturated carbocycles. The van der Waals surface area contributed by atoms with Crippen molar-refractivity contribution in [1.82, 2.24) is 5.16 Å². The second-order valence-corrected chi connectivity index (χ2v) is 4.38. The van der Waals surface area contributed by atoms with Crippen molar-refractivity contribution >= 4 is 0 Å². The molecule has 1 heterocycles. The van der Waals surface area contributed by atoms with Crippen molar-refractivity contribution in [3.05, 3.63) is 34.5 Å². The molecule has 3 nitrogen and oxygen atoms in total. The molecule has 0 unspecified atom stereocenters. The van der Waals surface area contributed by atoms with E-state index in [1.54, 1.807) is 7.11 Å². The van der Waals surface area contributed by atoms with Gasteiger partial charge in [-0.2, -0.15) is 0 Å². The number of rotatable bonds is 2. The topological polar surface area (TPSA) is 35.3 Å². The van der Waals surface area contributed by atoms with E-state index in [4.69, 9.17) is 9.26 Å². The van der Waals surface area contributed by atoms with E-state index in [1.165, 1.54) is 5.56 Å². The van der Waals surface area contributed by atoms with Gasteiger partial charge in [0.1, 0.15) is 5.75 Å². The molecule has 0 saturated heterocycles. The molecule has 0 fully saturated rings. The van der Waals surface area contributed by atoms with Crippen LogP contribution in [0.4, 0.5) is 0 Å². The van der Waals surface area contributed by atoms with Gasteiger partial charge in [-0.05, 0) is 44.4 Å². The molecule has 0 amide bonds. The third-order valence-corrected chi connectivity index (χ3v) is 3.07. The first-order valence-corrected chi connectivity index (χ1v) is 5.63. The van der Waals surface area contributed by atoms with E-state index < -0.39 is 0 Å². The van der Waals surface area contributed by atoms with Crippen LogP contribution in [0.2, 0.25) is 0 Å². The van der Waals surface area contributed by atoms with Crippen LogP contribution in [0.25, 0.3) is 11.3 Å². The Kier molecular flexibility index (Phi) is 2.92. The molecular formula is C14H17NO2. The molecule has 0 radical (unpaired) electrons. The van der Waals surface area contributed by atoms with Gasteiger partial charge in [0, 0.05) is 6.07 Å². The predicted octanol–water partition coefficient (Wildman–Crippen LogP) is 3.58. The maximum Gasteiger partial charge on any atom is 0.171 e. The molecular weight excluding hydrogens is 214 g/mol. The number of nitrogens with zero attached hydrogens (tertiary/aromatic N) is 1. The monoisotopic (exact) mass is 231 g/mol. The Morgan fingerprint density at radius 2 is 1.76 bits per heavy atom. The highest BCUT2D eigenvalue weighted by molar-refractivity contribution is 5.73. The number of ether oxygens (including phenoxy) is 1. The van der Waals surface area contributed by atoms with Crippen molar-refractivity contribution in [2.75, 3.05) is 7.11 Å². The fourth-order valence-electron chi connectivity index (χ4n) is 2.09. The highest BCUT2D eigenvalue weighted by Gasteiger charge is 2.17. The third-order valence-electron chi connectivity index (χ3n) is 3.07. The van der Waals surface area contributed by atoms with Gasteiger partial charge >= 0.3 is 0 Å². The maximum absolute atomic E-state index is 5.51. The van der Waals surface area contributed by atoms with Crippen LogP contribution in [0.5, 0.6) is 5.75 Å². The fraction of sp³-hybridized carbons (Fsp3) is 0.357. The fourth-order valence-corrected chi connectivity index (χ4v) is 2.09. The molecule has 0 N–H and O–H groups in total. The van der Waals surface area contributed by atoms with Crippen molar-refractivity contribution in [2.24, 2.45) is 0 Å². The quantitative estimate of drug-likeness (QED) is 0.792. The molecule has 0 spiro atoms. The lowest BCUT2D eigenvalue weighted by atomic mass is 9.97. The average Bonchev–Trinajstić information content (AvgIpc) is 2.69. The SMILES string of the molecule is COc1c(C)c(C)cc(C)c1-c1cc(C)no1. The average molecular weight is 231 g/mol. The van der Waals surface area contributed by atoms with Crippen LogP contribution in [0.15, 0.2) is 16.7 Å². The van der Waals surface area contributed by atoms with Gasteiger partial charge in [0.05, 0.1) is 18.4 Å². The van der Waals surface area contributed by atoms with E-state index in [2.05, 4.69) is 32.0 Å². The number of benzene rings is 1. The first-order chi connectivity index (χ1) is 8.04. The molecule has 0 atom stereocenters. The smallest absolute Gasteiger partial charge is 0.171 e. The van der Waals surface area contributed by atoms with Crippen LogP contribution < -0.4 is 4.74 Å². The number of hydrogen-bond acceptors (Lipinski definition) is 3. The highest BCUT2D eigenvalue weighted by atomic mass is 16.5. The number of aryl methyl sites for hydroxylation is 3. The van der Waals surface area contributed by atoms with E-state index in [0.29, 0.717) is 0 Å². The normalized spacial score (nSPS) is 10.6. The van der Waals surface area contributed by atoms with E-state index in [0.717, 1.165) is 33.9 Å². The van der Waals surface area contributed by atoms with Crippen LogP contribution in [0.3, 0.4) is 0 Å². The lowest BCUT2D eigenvalue weighted by Crippen LogP contribution is -1.96. The lowest BCUT2D eigenvalue weighted by Gasteiger charge is -2.14. The van der Waals surface area contributed by atoms with Crippen molar-refractivity contribution in [3.63, 3.8) is 0 Å². The zero-order valence-corrected chi connectivity index (χ0v) is 10.9. The molecule has 0 bridgehead atoms. The lowest BCUT2D eigenvalue weighted by molar-refractivity contribution is 0.402. The largest absolute Gasteiger partial charge is 0.496 e. The summed E-state index contributed by atoms with van der Waals surface area (Å²) in [6, 6.07) is 4.07. The highest BCUT2D eigenvalue weighted by Crippen LogP contribution is 2.37. The maximum atomic E-state index is 5.51. The van der Waals surface area contributed by atoms with Gasteiger partial charge in [-0.25, -0.2) is 0 Å². The first-order valence-electron chi connectivity index (χ1n) is 5.63. The Hall–Kier alpha value is -1.77. The summed E-state index contributed by atoms with van der Waals surface area (Å²) in [6.45, 7) is 8.11. The van der Waals surface area contributed by atoms with Gasteiger partial charge in [0.15, 0.2) is 5.76 Å². The first kappa shape index (κ1) is 11.7. The van der Waals surface area contributed by atoms with Crippen LogP contribution in [-0.2, 0) is 0 Å². The van der Waals surface area contributed by atoms with E-state index in [9.17, 15) is 0 Å². The Balaban J connectivity index is 2.72. The molecule has 0 aliphatic heterocycles. The molecule has 0 aliphatic rings.